The maximum absolute atomic E-state index is 12.4. The molecule has 0 aliphatic carbocycles. The van der Waals surface area contributed by atoms with Gasteiger partial charge in [0.15, 0.2) is 18.1 Å². The van der Waals surface area contributed by atoms with Crippen molar-refractivity contribution < 1.29 is 19.0 Å². The van der Waals surface area contributed by atoms with E-state index in [2.05, 4.69) is 13.8 Å². The molecule has 21 heavy (non-hydrogen) atoms. The number of carbonyl (C=O) groups is 1. The topological polar surface area (TPSA) is 48.0 Å². The summed E-state index contributed by atoms with van der Waals surface area (Å²) in [7, 11) is 0. The molecule has 3 rings (SSSR count). The summed E-state index contributed by atoms with van der Waals surface area (Å²) in [4.78, 5) is 14.3. The summed E-state index contributed by atoms with van der Waals surface area (Å²) in [6, 6.07) is 5.94. The molecule has 1 aromatic rings. The Bertz CT molecular complexity index is 521. The minimum Gasteiger partial charge on any atom is -0.484 e. The third-order valence-corrected chi connectivity index (χ3v) is 4.19. The zero-order chi connectivity index (χ0) is 14.8. The molecule has 1 saturated heterocycles. The molecule has 0 saturated carbocycles. The Hall–Kier alpha value is -1.91. The summed E-state index contributed by atoms with van der Waals surface area (Å²) in [5.74, 6) is 2.06. The average molecular weight is 291 g/mol. The number of benzene rings is 1. The molecule has 5 heteroatoms. The lowest BCUT2D eigenvalue weighted by Gasteiger charge is -2.38. The van der Waals surface area contributed by atoms with E-state index in [1.165, 1.54) is 6.42 Å². The fourth-order valence-corrected chi connectivity index (χ4v) is 3.10. The summed E-state index contributed by atoms with van der Waals surface area (Å²) in [6.07, 6.45) is 3.33. The van der Waals surface area contributed by atoms with Crippen LogP contribution in [0.25, 0.3) is 0 Å². The first-order chi connectivity index (χ1) is 10.1. The van der Waals surface area contributed by atoms with Crippen molar-refractivity contribution in [2.45, 2.75) is 45.2 Å². The van der Waals surface area contributed by atoms with Crippen LogP contribution in [0.1, 0.15) is 33.1 Å². The van der Waals surface area contributed by atoms with E-state index in [0.29, 0.717) is 29.3 Å². The molecule has 2 aliphatic rings. The third kappa shape index (κ3) is 2.91. The molecule has 1 amide bonds. The Morgan fingerprint density at radius 3 is 2.71 bits per heavy atom. The number of amides is 1. The number of carbonyl (C=O) groups excluding carboxylic acids is 1. The zero-order valence-corrected chi connectivity index (χ0v) is 12.5. The summed E-state index contributed by atoms with van der Waals surface area (Å²) < 4.78 is 16.2. The van der Waals surface area contributed by atoms with E-state index in [1.54, 1.807) is 18.2 Å². The monoisotopic (exact) mass is 291 g/mol. The molecule has 0 unspecified atom stereocenters. The summed E-state index contributed by atoms with van der Waals surface area (Å²) in [6.45, 7) is 4.51. The Morgan fingerprint density at radius 1 is 1.24 bits per heavy atom. The van der Waals surface area contributed by atoms with E-state index in [4.69, 9.17) is 14.2 Å². The van der Waals surface area contributed by atoms with Crippen molar-refractivity contribution in [1.82, 2.24) is 4.90 Å². The smallest absolute Gasteiger partial charge is 0.260 e. The fourth-order valence-electron chi connectivity index (χ4n) is 3.10. The lowest BCUT2D eigenvalue weighted by atomic mass is 9.97. The fraction of sp³-hybridized carbons (Fsp3) is 0.562. The van der Waals surface area contributed by atoms with Gasteiger partial charge in [-0.1, -0.05) is 0 Å². The van der Waals surface area contributed by atoms with Crippen LogP contribution in [0.4, 0.5) is 0 Å². The summed E-state index contributed by atoms with van der Waals surface area (Å²) in [5, 5.41) is 0. The normalized spacial score (nSPS) is 24.0. The molecule has 0 radical (unpaired) electrons. The van der Waals surface area contributed by atoms with Gasteiger partial charge in [0.2, 0.25) is 6.79 Å². The first kappa shape index (κ1) is 14.0. The molecule has 1 fully saturated rings. The number of ether oxygens (including phenoxy) is 3. The zero-order valence-electron chi connectivity index (χ0n) is 12.5. The van der Waals surface area contributed by atoms with Gasteiger partial charge >= 0.3 is 0 Å². The van der Waals surface area contributed by atoms with Gasteiger partial charge in [-0.3, -0.25) is 4.79 Å². The SMILES string of the molecule is C[C@H]1CCC[C@H](C)N1C(=O)COc1ccc2c(c1)OCO2. The second-order valence-corrected chi connectivity index (χ2v) is 5.73. The highest BCUT2D eigenvalue weighted by Gasteiger charge is 2.29. The second-order valence-electron chi connectivity index (χ2n) is 5.73. The van der Waals surface area contributed by atoms with Gasteiger partial charge < -0.3 is 19.1 Å². The van der Waals surface area contributed by atoms with Gasteiger partial charge in [0.05, 0.1) is 0 Å². The highest BCUT2D eigenvalue weighted by Crippen LogP contribution is 2.35. The minimum atomic E-state index is 0.0485. The van der Waals surface area contributed by atoms with Crippen LogP contribution >= 0.6 is 0 Å². The van der Waals surface area contributed by atoms with Crippen LogP contribution < -0.4 is 14.2 Å². The average Bonchev–Trinajstić information content (AvgIpc) is 2.92. The first-order valence-electron chi connectivity index (χ1n) is 7.49. The van der Waals surface area contributed by atoms with E-state index < -0.39 is 0 Å². The van der Waals surface area contributed by atoms with Gasteiger partial charge in [-0.15, -0.1) is 0 Å². The molecule has 5 nitrogen and oxygen atoms in total. The molecule has 0 aromatic heterocycles. The molecule has 2 atom stereocenters. The molecule has 114 valence electrons. The van der Waals surface area contributed by atoms with Gasteiger partial charge in [-0.25, -0.2) is 0 Å². The van der Waals surface area contributed by atoms with Gasteiger partial charge in [0, 0.05) is 18.2 Å². The number of rotatable bonds is 3. The van der Waals surface area contributed by atoms with Crippen molar-refractivity contribution in [1.29, 1.82) is 0 Å². The molecular weight excluding hydrogens is 270 g/mol. The summed E-state index contributed by atoms with van der Waals surface area (Å²) in [5.41, 5.74) is 0. The minimum absolute atomic E-state index is 0.0485. The largest absolute Gasteiger partial charge is 0.484 e. The summed E-state index contributed by atoms with van der Waals surface area (Å²) >= 11 is 0. The molecule has 2 heterocycles. The Balaban J connectivity index is 1.60. The van der Waals surface area contributed by atoms with Crippen LogP contribution in [0.5, 0.6) is 17.2 Å². The van der Waals surface area contributed by atoms with Crippen LogP contribution in [-0.4, -0.2) is 36.3 Å². The Morgan fingerprint density at radius 2 is 1.95 bits per heavy atom. The number of nitrogens with zero attached hydrogens (tertiary/aromatic N) is 1. The standard InChI is InChI=1S/C16H21NO4/c1-11-4-3-5-12(2)17(11)16(18)9-19-13-6-7-14-15(8-13)21-10-20-14/h6-8,11-12H,3-5,9-10H2,1-2H3/t11-,12-/m0/s1. The molecular formula is C16H21NO4. The molecule has 2 aliphatic heterocycles. The van der Waals surface area contributed by atoms with E-state index in [1.807, 2.05) is 4.90 Å². The number of fused-ring (bicyclic) bond motifs is 1. The van der Waals surface area contributed by atoms with Crippen LogP contribution in [0, 0.1) is 0 Å². The van der Waals surface area contributed by atoms with Crippen molar-refractivity contribution in [2.75, 3.05) is 13.4 Å². The first-order valence-corrected chi connectivity index (χ1v) is 7.49. The Kier molecular flexibility index (Phi) is 3.90. The third-order valence-electron chi connectivity index (χ3n) is 4.19. The van der Waals surface area contributed by atoms with Crippen LogP contribution in [0.15, 0.2) is 18.2 Å². The number of hydrogen-bond acceptors (Lipinski definition) is 4. The number of hydrogen-bond donors (Lipinski definition) is 0. The predicted octanol–water partition coefficient (Wildman–Crippen LogP) is 2.58. The molecule has 0 bridgehead atoms. The lowest BCUT2D eigenvalue weighted by molar-refractivity contribution is -0.139. The highest BCUT2D eigenvalue weighted by molar-refractivity contribution is 5.78. The van der Waals surface area contributed by atoms with Gasteiger partial charge in [0.1, 0.15) is 5.75 Å². The maximum Gasteiger partial charge on any atom is 0.260 e. The molecule has 0 spiro atoms. The van der Waals surface area contributed by atoms with Crippen molar-refractivity contribution in [3.8, 4) is 17.2 Å². The van der Waals surface area contributed by atoms with Crippen molar-refractivity contribution in [3.63, 3.8) is 0 Å². The molecule has 1 aromatic carbocycles. The second kappa shape index (κ2) is 5.84. The number of likely N-dealkylation sites (tertiary alicyclic amines) is 1. The van der Waals surface area contributed by atoms with Crippen molar-refractivity contribution >= 4 is 5.91 Å². The lowest BCUT2D eigenvalue weighted by Crippen LogP contribution is -2.49. The van der Waals surface area contributed by atoms with Gasteiger partial charge in [-0.05, 0) is 45.2 Å². The van der Waals surface area contributed by atoms with Crippen LogP contribution in [-0.2, 0) is 4.79 Å². The van der Waals surface area contributed by atoms with Crippen LogP contribution in [0.2, 0.25) is 0 Å². The van der Waals surface area contributed by atoms with Gasteiger partial charge in [0.25, 0.3) is 5.91 Å². The predicted molar refractivity (Wildman–Crippen MR) is 77.7 cm³/mol. The maximum atomic E-state index is 12.4. The van der Waals surface area contributed by atoms with E-state index in [-0.39, 0.29) is 19.3 Å². The van der Waals surface area contributed by atoms with E-state index >= 15 is 0 Å². The van der Waals surface area contributed by atoms with Gasteiger partial charge in [-0.2, -0.15) is 0 Å². The Labute approximate surface area is 124 Å². The van der Waals surface area contributed by atoms with Crippen molar-refractivity contribution in [3.05, 3.63) is 18.2 Å². The van der Waals surface area contributed by atoms with Crippen LogP contribution in [0.3, 0.4) is 0 Å². The van der Waals surface area contributed by atoms with Crippen molar-refractivity contribution in [2.24, 2.45) is 0 Å². The molecule has 0 N–H and O–H groups in total. The number of piperidine rings is 1. The van der Waals surface area contributed by atoms with E-state index in [0.717, 1.165) is 12.8 Å². The quantitative estimate of drug-likeness (QED) is 0.859. The van der Waals surface area contributed by atoms with E-state index in [9.17, 15) is 4.79 Å². The highest BCUT2D eigenvalue weighted by atomic mass is 16.7.